The minimum Gasteiger partial charge on any atom is -0.373 e. The van der Waals surface area contributed by atoms with Crippen molar-refractivity contribution in [2.45, 2.75) is 62.9 Å². The Morgan fingerprint density at radius 1 is 1.15 bits per heavy atom. The molecule has 2 aliphatic rings. The first-order chi connectivity index (χ1) is 9.81. The SMILES string of the molecule is CCCC1CCC(c2nc3c(c(NC)n2)CSC3)CC1. The smallest absolute Gasteiger partial charge is 0.134 e. The standard InChI is InChI=1S/C16H25N3S/c1-3-4-11-5-7-12(8-6-11)15-18-14-10-20-9-13(14)16(17-2)19-15/h11-12H,3-10H2,1-2H3,(H,17,18,19). The number of hydrogen-bond donors (Lipinski definition) is 1. The van der Waals surface area contributed by atoms with Crippen LogP contribution in [0.15, 0.2) is 0 Å². The number of hydrogen-bond acceptors (Lipinski definition) is 4. The molecule has 0 bridgehead atoms. The molecule has 110 valence electrons. The first-order valence-electron chi connectivity index (χ1n) is 7.97. The quantitative estimate of drug-likeness (QED) is 0.895. The van der Waals surface area contributed by atoms with Crippen LogP contribution in [0.2, 0.25) is 0 Å². The highest BCUT2D eigenvalue weighted by Gasteiger charge is 2.26. The highest BCUT2D eigenvalue weighted by Crippen LogP contribution is 2.39. The van der Waals surface area contributed by atoms with E-state index in [1.165, 1.54) is 49.8 Å². The molecule has 0 unspecified atom stereocenters. The summed E-state index contributed by atoms with van der Waals surface area (Å²) in [6, 6.07) is 0. The molecule has 1 aromatic rings. The van der Waals surface area contributed by atoms with Crippen LogP contribution < -0.4 is 5.32 Å². The van der Waals surface area contributed by atoms with E-state index >= 15 is 0 Å². The van der Waals surface area contributed by atoms with E-state index in [1.54, 1.807) is 0 Å². The van der Waals surface area contributed by atoms with E-state index in [2.05, 4.69) is 12.2 Å². The molecule has 1 aromatic heterocycles. The predicted octanol–water partition coefficient (Wildman–Crippen LogP) is 4.34. The summed E-state index contributed by atoms with van der Waals surface area (Å²) in [4.78, 5) is 9.71. The third-order valence-corrected chi connectivity index (χ3v) is 5.71. The summed E-state index contributed by atoms with van der Waals surface area (Å²) < 4.78 is 0. The van der Waals surface area contributed by atoms with E-state index < -0.39 is 0 Å². The monoisotopic (exact) mass is 291 g/mol. The summed E-state index contributed by atoms with van der Waals surface area (Å²) >= 11 is 1.95. The van der Waals surface area contributed by atoms with Gasteiger partial charge in [-0.2, -0.15) is 11.8 Å². The van der Waals surface area contributed by atoms with E-state index in [-0.39, 0.29) is 0 Å². The molecule has 3 nitrogen and oxygen atoms in total. The number of aromatic nitrogens is 2. The van der Waals surface area contributed by atoms with Crippen LogP contribution in [-0.4, -0.2) is 17.0 Å². The van der Waals surface area contributed by atoms with Gasteiger partial charge in [0.05, 0.1) is 5.69 Å². The van der Waals surface area contributed by atoms with Gasteiger partial charge in [0.25, 0.3) is 0 Å². The van der Waals surface area contributed by atoms with Crippen molar-refractivity contribution in [1.29, 1.82) is 0 Å². The number of rotatable bonds is 4. The second-order valence-corrected chi connectivity index (χ2v) is 7.09. The fourth-order valence-corrected chi connectivity index (χ4v) is 4.62. The molecule has 3 rings (SSSR count). The van der Waals surface area contributed by atoms with Gasteiger partial charge >= 0.3 is 0 Å². The molecule has 4 heteroatoms. The Labute approximate surface area is 126 Å². The summed E-state index contributed by atoms with van der Waals surface area (Å²) in [6.07, 6.45) is 8.01. The Bertz CT molecular complexity index is 467. The lowest BCUT2D eigenvalue weighted by Gasteiger charge is -2.27. The Morgan fingerprint density at radius 2 is 1.95 bits per heavy atom. The second kappa shape index (κ2) is 6.33. The Hall–Kier alpha value is -0.770. The number of nitrogens with zero attached hydrogens (tertiary/aromatic N) is 2. The fourth-order valence-electron chi connectivity index (χ4n) is 3.58. The van der Waals surface area contributed by atoms with Crippen molar-refractivity contribution in [2.24, 2.45) is 5.92 Å². The van der Waals surface area contributed by atoms with Crippen LogP contribution in [0.5, 0.6) is 0 Å². The van der Waals surface area contributed by atoms with Gasteiger partial charge in [-0.15, -0.1) is 0 Å². The summed E-state index contributed by atoms with van der Waals surface area (Å²) in [5.74, 6) is 5.84. The highest BCUT2D eigenvalue weighted by atomic mass is 32.2. The zero-order chi connectivity index (χ0) is 13.9. The first-order valence-corrected chi connectivity index (χ1v) is 9.12. The lowest BCUT2D eigenvalue weighted by atomic mass is 9.79. The molecule has 1 aliphatic heterocycles. The topological polar surface area (TPSA) is 37.8 Å². The molecule has 0 amide bonds. The molecule has 0 radical (unpaired) electrons. The summed E-state index contributed by atoms with van der Waals surface area (Å²) in [5, 5.41) is 3.27. The maximum Gasteiger partial charge on any atom is 0.134 e. The van der Waals surface area contributed by atoms with Gasteiger partial charge in [0, 0.05) is 30.0 Å². The summed E-state index contributed by atoms with van der Waals surface area (Å²) in [7, 11) is 1.98. The van der Waals surface area contributed by atoms with Gasteiger partial charge in [-0.3, -0.25) is 0 Å². The number of nitrogens with one attached hydrogen (secondary N) is 1. The molecule has 2 heterocycles. The lowest BCUT2D eigenvalue weighted by Crippen LogP contribution is -2.17. The minimum absolute atomic E-state index is 0.589. The Kier molecular flexibility index (Phi) is 4.49. The van der Waals surface area contributed by atoms with E-state index in [0.29, 0.717) is 5.92 Å². The van der Waals surface area contributed by atoms with E-state index in [0.717, 1.165) is 29.1 Å². The summed E-state index contributed by atoms with van der Waals surface area (Å²) in [5.41, 5.74) is 2.61. The average molecular weight is 291 g/mol. The van der Waals surface area contributed by atoms with Crippen LogP contribution in [0.4, 0.5) is 5.82 Å². The minimum atomic E-state index is 0.589. The molecule has 20 heavy (non-hydrogen) atoms. The van der Waals surface area contributed by atoms with Gasteiger partial charge in [-0.1, -0.05) is 19.8 Å². The van der Waals surface area contributed by atoms with Crippen molar-refractivity contribution in [2.75, 3.05) is 12.4 Å². The third-order valence-electron chi connectivity index (χ3n) is 4.74. The molecule has 0 atom stereocenters. The van der Waals surface area contributed by atoms with Crippen molar-refractivity contribution in [3.8, 4) is 0 Å². The van der Waals surface area contributed by atoms with E-state index in [1.807, 2.05) is 18.8 Å². The number of thioether (sulfide) groups is 1. The Balaban J connectivity index is 1.75. The van der Waals surface area contributed by atoms with Gasteiger partial charge in [0.15, 0.2) is 0 Å². The molecule has 1 saturated carbocycles. The van der Waals surface area contributed by atoms with Crippen LogP contribution in [0.3, 0.4) is 0 Å². The number of fused-ring (bicyclic) bond motifs is 1. The first kappa shape index (κ1) is 14.2. The Morgan fingerprint density at radius 3 is 2.65 bits per heavy atom. The maximum absolute atomic E-state index is 4.88. The van der Waals surface area contributed by atoms with Crippen molar-refractivity contribution < 1.29 is 0 Å². The van der Waals surface area contributed by atoms with Gasteiger partial charge in [0.2, 0.25) is 0 Å². The molecular formula is C16H25N3S. The van der Waals surface area contributed by atoms with Crippen LogP contribution in [-0.2, 0) is 11.5 Å². The van der Waals surface area contributed by atoms with Crippen molar-refractivity contribution in [3.05, 3.63) is 17.1 Å². The zero-order valence-electron chi connectivity index (χ0n) is 12.6. The maximum atomic E-state index is 4.88. The largest absolute Gasteiger partial charge is 0.373 e. The van der Waals surface area contributed by atoms with E-state index in [4.69, 9.17) is 9.97 Å². The molecule has 1 N–H and O–H groups in total. The van der Waals surface area contributed by atoms with Crippen molar-refractivity contribution in [1.82, 2.24) is 9.97 Å². The van der Waals surface area contributed by atoms with Gasteiger partial charge in [0.1, 0.15) is 11.6 Å². The third kappa shape index (κ3) is 2.80. The van der Waals surface area contributed by atoms with Gasteiger partial charge < -0.3 is 5.32 Å². The molecule has 0 saturated heterocycles. The van der Waals surface area contributed by atoms with Crippen LogP contribution >= 0.6 is 11.8 Å². The predicted molar refractivity (Wildman–Crippen MR) is 86.2 cm³/mol. The fraction of sp³-hybridized carbons (Fsp3) is 0.750. The van der Waals surface area contributed by atoms with Crippen molar-refractivity contribution in [3.63, 3.8) is 0 Å². The molecule has 0 spiro atoms. The van der Waals surface area contributed by atoms with Gasteiger partial charge in [-0.05, 0) is 31.6 Å². The van der Waals surface area contributed by atoms with Crippen LogP contribution in [0.1, 0.15) is 68.4 Å². The molecular weight excluding hydrogens is 266 g/mol. The zero-order valence-corrected chi connectivity index (χ0v) is 13.4. The van der Waals surface area contributed by atoms with Crippen LogP contribution in [0, 0.1) is 5.92 Å². The normalized spacial score (nSPS) is 25.5. The highest BCUT2D eigenvalue weighted by molar-refractivity contribution is 7.98. The van der Waals surface area contributed by atoms with Crippen molar-refractivity contribution >= 4 is 17.6 Å². The summed E-state index contributed by atoms with van der Waals surface area (Å²) in [6.45, 7) is 2.30. The molecule has 1 aliphatic carbocycles. The van der Waals surface area contributed by atoms with Crippen LogP contribution in [0.25, 0.3) is 0 Å². The van der Waals surface area contributed by atoms with Gasteiger partial charge in [-0.25, -0.2) is 9.97 Å². The second-order valence-electron chi connectivity index (χ2n) is 6.10. The average Bonchev–Trinajstić information content (AvgIpc) is 2.95. The lowest BCUT2D eigenvalue weighted by molar-refractivity contribution is 0.302. The van der Waals surface area contributed by atoms with E-state index in [9.17, 15) is 0 Å². The molecule has 0 aromatic carbocycles. The molecule has 1 fully saturated rings. The number of anilines is 1.